The van der Waals surface area contributed by atoms with E-state index in [1.807, 2.05) is 6.92 Å². The van der Waals surface area contributed by atoms with E-state index in [9.17, 15) is 9.59 Å². The standard InChI is InChI=1S/C11H11NO3S/c1-2-12-8-5-7(11(14)15)3-4-9(8)16-6-10(12)13/h3-5H,2,6H2,1H3,(H,14,15). The number of fused-ring (bicyclic) bond motifs is 1. The topological polar surface area (TPSA) is 57.6 Å². The number of amides is 1. The SMILES string of the molecule is CCN1C(=O)CSc2ccc(C(=O)O)cc21. The smallest absolute Gasteiger partial charge is 0.335 e. The molecule has 4 nitrogen and oxygen atoms in total. The summed E-state index contributed by atoms with van der Waals surface area (Å²) in [6.45, 7) is 2.45. The summed E-state index contributed by atoms with van der Waals surface area (Å²) in [5.74, 6) is -0.516. The Morgan fingerprint density at radius 1 is 1.56 bits per heavy atom. The van der Waals surface area contributed by atoms with E-state index in [4.69, 9.17) is 5.11 Å². The largest absolute Gasteiger partial charge is 0.478 e. The number of thioether (sulfide) groups is 1. The number of carboxylic acid groups (broad SMARTS) is 1. The number of carbonyl (C=O) groups excluding carboxylic acids is 1. The zero-order chi connectivity index (χ0) is 11.7. The molecule has 5 heteroatoms. The molecule has 1 aliphatic heterocycles. The number of aromatic carboxylic acids is 1. The Kier molecular flexibility index (Phi) is 2.87. The average Bonchev–Trinajstić information content (AvgIpc) is 2.28. The number of carboxylic acids is 1. The van der Waals surface area contributed by atoms with E-state index >= 15 is 0 Å². The monoisotopic (exact) mass is 237 g/mol. The van der Waals surface area contributed by atoms with Crippen molar-refractivity contribution in [3.8, 4) is 0 Å². The summed E-state index contributed by atoms with van der Waals surface area (Å²) in [7, 11) is 0. The number of hydrogen-bond acceptors (Lipinski definition) is 3. The van der Waals surface area contributed by atoms with Gasteiger partial charge in [-0.1, -0.05) is 0 Å². The van der Waals surface area contributed by atoms with Crippen LogP contribution in [0.3, 0.4) is 0 Å². The molecular formula is C11H11NO3S. The molecule has 0 saturated carbocycles. The summed E-state index contributed by atoms with van der Waals surface area (Å²) in [6, 6.07) is 4.89. The maximum absolute atomic E-state index is 11.6. The van der Waals surface area contributed by atoms with Gasteiger partial charge in [-0.3, -0.25) is 4.79 Å². The fourth-order valence-electron chi connectivity index (χ4n) is 1.68. The van der Waals surface area contributed by atoms with Crippen molar-refractivity contribution in [2.24, 2.45) is 0 Å². The molecule has 1 heterocycles. The second-order valence-electron chi connectivity index (χ2n) is 3.41. The van der Waals surface area contributed by atoms with Gasteiger partial charge in [0.2, 0.25) is 5.91 Å². The van der Waals surface area contributed by atoms with E-state index in [-0.39, 0.29) is 11.5 Å². The van der Waals surface area contributed by atoms with Crippen molar-refractivity contribution in [3.05, 3.63) is 23.8 Å². The minimum Gasteiger partial charge on any atom is -0.478 e. The second-order valence-corrected chi connectivity index (χ2v) is 4.43. The van der Waals surface area contributed by atoms with Crippen LogP contribution in [-0.2, 0) is 4.79 Å². The van der Waals surface area contributed by atoms with Crippen molar-refractivity contribution in [2.45, 2.75) is 11.8 Å². The van der Waals surface area contributed by atoms with Gasteiger partial charge in [-0.15, -0.1) is 11.8 Å². The summed E-state index contributed by atoms with van der Waals surface area (Å²) in [5, 5.41) is 8.90. The molecule has 0 spiro atoms. The Bertz CT molecular complexity index is 459. The van der Waals surface area contributed by atoms with Gasteiger partial charge in [0.15, 0.2) is 0 Å². The Hall–Kier alpha value is -1.49. The van der Waals surface area contributed by atoms with Crippen molar-refractivity contribution in [3.63, 3.8) is 0 Å². The first-order chi connectivity index (χ1) is 7.63. The molecule has 0 unspecified atom stereocenters. The van der Waals surface area contributed by atoms with E-state index in [0.29, 0.717) is 18.0 Å². The van der Waals surface area contributed by atoms with Crippen LogP contribution in [0.2, 0.25) is 0 Å². The molecule has 0 aromatic heterocycles. The molecule has 0 atom stereocenters. The lowest BCUT2D eigenvalue weighted by Gasteiger charge is -2.27. The first-order valence-corrected chi connectivity index (χ1v) is 5.92. The zero-order valence-electron chi connectivity index (χ0n) is 8.77. The van der Waals surface area contributed by atoms with Gasteiger partial charge in [-0.05, 0) is 25.1 Å². The molecule has 1 N–H and O–H groups in total. The molecule has 0 radical (unpaired) electrons. The zero-order valence-corrected chi connectivity index (χ0v) is 9.58. The van der Waals surface area contributed by atoms with E-state index in [1.54, 1.807) is 23.1 Å². The number of nitrogens with zero attached hydrogens (tertiary/aromatic N) is 1. The quantitative estimate of drug-likeness (QED) is 0.852. The Balaban J connectivity index is 2.49. The molecule has 0 fully saturated rings. The Labute approximate surface area is 97.3 Å². The lowest BCUT2D eigenvalue weighted by Crippen LogP contribution is -2.35. The van der Waals surface area contributed by atoms with E-state index in [0.717, 1.165) is 4.90 Å². The molecule has 16 heavy (non-hydrogen) atoms. The van der Waals surface area contributed by atoms with Crippen LogP contribution in [0.15, 0.2) is 23.1 Å². The third kappa shape index (κ3) is 1.78. The third-order valence-electron chi connectivity index (χ3n) is 2.47. The fraction of sp³-hybridized carbons (Fsp3) is 0.273. The van der Waals surface area contributed by atoms with Crippen molar-refractivity contribution in [1.29, 1.82) is 0 Å². The first-order valence-electron chi connectivity index (χ1n) is 4.94. The number of anilines is 1. The van der Waals surface area contributed by atoms with Crippen molar-refractivity contribution in [1.82, 2.24) is 0 Å². The number of hydrogen-bond donors (Lipinski definition) is 1. The average molecular weight is 237 g/mol. The molecule has 1 aliphatic rings. The third-order valence-corrected chi connectivity index (χ3v) is 3.51. The van der Waals surface area contributed by atoms with Crippen LogP contribution >= 0.6 is 11.8 Å². The van der Waals surface area contributed by atoms with Gasteiger partial charge in [-0.25, -0.2) is 4.79 Å². The van der Waals surface area contributed by atoms with Gasteiger partial charge in [-0.2, -0.15) is 0 Å². The van der Waals surface area contributed by atoms with Gasteiger partial charge in [0.05, 0.1) is 17.0 Å². The number of carbonyl (C=O) groups is 2. The van der Waals surface area contributed by atoms with E-state index < -0.39 is 5.97 Å². The van der Waals surface area contributed by atoms with E-state index in [2.05, 4.69) is 0 Å². The van der Waals surface area contributed by atoms with Crippen molar-refractivity contribution >= 4 is 29.3 Å². The minimum absolute atomic E-state index is 0.0301. The lowest BCUT2D eigenvalue weighted by molar-refractivity contribution is -0.116. The summed E-state index contributed by atoms with van der Waals surface area (Å²) in [6.07, 6.45) is 0. The summed E-state index contributed by atoms with van der Waals surface area (Å²) >= 11 is 1.45. The van der Waals surface area contributed by atoms with Gasteiger partial charge in [0, 0.05) is 11.4 Å². The number of benzene rings is 1. The molecule has 0 aliphatic carbocycles. The molecular weight excluding hydrogens is 226 g/mol. The highest BCUT2D eigenvalue weighted by Gasteiger charge is 2.24. The van der Waals surface area contributed by atoms with Crippen LogP contribution in [0.1, 0.15) is 17.3 Å². The van der Waals surface area contributed by atoms with Crippen LogP contribution in [0, 0.1) is 0 Å². The van der Waals surface area contributed by atoms with Gasteiger partial charge >= 0.3 is 5.97 Å². The predicted octanol–water partition coefficient (Wildman–Crippen LogP) is 1.84. The summed E-state index contributed by atoms with van der Waals surface area (Å²) in [4.78, 5) is 25.1. The normalized spacial score (nSPS) is 14.8. The highest BCUT2D eigenvalue weighted by molar-refractivity contribution is 8.00. The molecule has 1 aromatic rings. The minimum atomic E-state index is -0.970. The van der Waals surface area contributed by atoms with Crippen LogP contribution in [0.25, 0.3) is 0 Å². The Morgan fingerprint density at radius 2 is 2.31 bits per heavy atom. The molecule has 1 aromatic carbocycles. The van der Waals surface area contributed by atoms with Gasteiger partial charge in [0.25, 0.3) is 0 Å². The lowest BCUT2D eigenvalue weighted by atomic mass is 10.2. The molecule has 2 rings (SSSR count). The molecule has 0 saturated heterocycles. The summed E-state index contributed by atoms with van der Waals surface area (Å²) < 4.78 is 0. The second kappa shape index (κ2) is 4.17. The predicted molar refractivity (Wildman–Crippen MR) is 62.2 cm³/mol. The highest BCUT2D eigenvalue weighted by Crippen LogP contribution is 2.35. The van der Waals surface area contributed by atoms with Crippen LogP contribution in [-0.4, -0.2) is 29.3 Å². The van der Waals surface area contributed by atoms with Crippen molar-refractivity contribution in [2.75, 3.05) is 17.2 Å². The van der Waals surface area contributed by atoms with E-state index in [1.165, 1.54) is 11.8 Å². The molecule has 84 valence electrons. The molecule has 1 amide bonds. The Morgan fingerprint density at radius 3 is 2.94 bits per heavy atom. The molecule has 0 bridgehead atoms. The van der Waals surface area contributed by atoms with Crippen LogP contribution < -0.4 is 4.90 Å². The van der Waals surface area contributed by atoms with Gasteiger partial charge < -0.3 is 10.0 Å². The summed E-state index contributed by atoms with van der Waals surface area (Å²) in [5.41, 5.74) is 0.927. The highest BCUT2D eigenvalue weighted by atomic mass is 32.2. The first kappa shape index (κ1) is 11.0. The fourth-order valence-corrected chi connectivity index (χ4v) is 2.60. The van der Waals surface area contributed by atoms with Crippen molar-refractivity contribution < 1.29 is 14.7 Å². The number of rotatable bonds is 2. The van der Waals surface area contributed by atoms with Gasteiger partial charge in [0.1, 0.15) is 0 Å². The van der Waals surface area contributed by atoms with Crippen LogP contribution in [0.4, 0.5) is 5.69 Å². The maximum Gasteiger partial charge on any atom is 0.335 e. The van der Waals surface area contributed by atoms with Crippen LogP contribution in [0.5, 0.6) is 0 Å². The maximum atomic E-state index is 11.6.